The Morgan fingerprint density at radius 1 is 1.38 bits per heavy atom. The molecule has 4 N–H and O–H groups in total. The summed E-state index contributed by atoms with van der Waals surface area (Å²) >= 11 is 1.37. The van der Waals surface area contributed by atoms with E-state index in [1.165, 1.54) is 11.3 Å². The summed E-state index contributed by atoms with van der Waals surface area (Å²) in [4.78, 5) is 24.2. The van der Waals surface area contributed by atoms with Crippen LogP contribution in [0.3, 0.4) is 0 Å². The third-order valence-corrected chi connectivity index (χ3v) is 4.86. The van der Waals surface area contributed by atoms with Gasteiger partial charge in [0.1, 0.15) is 4.88 Å². The van der Waals surface area contributed by atoms with Crippen LogP contribution in [0.5, 0.6) is 0 Å². The van der Waals surface area contributed by atoms with Crippen molar-refractivity contribution >= 4 is 38.9 Å². The lowest BCUT2D eigenvalue weighted by Crippen LogP contribution is -2.37. The zero-order valence-electron chi connectivity index (χ0n) is 11.7. The Kier molecular flexibility index (Phi) is 3.55. The average molecular weight is 303 g/mol. The van der Waals surface area contributed by atoms with Crippen molar-refractivity contribution in [3.63, 3.8) is 0 Å². The Balaban J connectivity index is 1.73. The van der Waals surface area contributed by atoms with Gasteiger partial charge in [0.05, 0.1) is 12.2 Å². The number of nitrogens with one attached hydrogen (secondary N) is 2. The lowest BCUT2D eigenvalue weighted by molar-refractivity contribution is -0.120. The van der Waals surface area contributed by atoms with E-state index >= 15 is 0 Å². The molecule has 110 valence electrons. The van der Waals surface area contributed by atoms with E-state index in [0.29, 0.717) is 16.6 Å². The summed E-state index contributed by atoms with van der Waals surface area (Å²) in [5, 5.41) is 6.36. The molecular weight excluding hydrogens is 286 g/mol. The Morgan fingerprint density at radius 2 is 2.14 bits per heavy atom. The second-order valence-corrected chi connectivity index (χ2v) is 6.34. The first-order valence-electron chi connectivity index (χ1n) is 6.91. The van der Waals surface area contributed by atoms with E-state index in [4.69, 9.17) is 5.73 Å². The molecule has 0 atom stereocenters. The number of hydrogen-bond donors (Lipinski definition) is 3. The van der Waals surface area contributed by atoms with E-state index in [2.05, 4.69) is 10.6 Å². The third-order valence-electron chi connectivity index (χ3n) is 3.51. The molecule has 0 radical (unpaired) electrons. The molecule has 1 aliphatic carbocycles. The van der Waals surface area contributed by atoms with E-state index in [0.717, 1.165) is 28.5 Å². The van der Waals surface area contributed by atoms with Gasteiger partial charge in [-0.25, -0.2) is 0 Å². The van der Waals surface area contributed by atoms with Gasteiger partial charge in [-0.3, -0.25) is 9.59 Å². The van der Waals surface area contributed by atoms with Crippen LogP contribution in [0.25, 0.3) is 10.1 Å². The zero-order valence-corrected chi connectivity index (χ0v) is 12.5. The molecular formula is C15H17N3O2S. The predicted molar refractivity (Wildman–Crippen MR) is 84.5 cm³/mol. The van der Waals surface area contributed by atoms with Gasteiger partial charge in [-0.05, 0) is 25.3 Å². The number of hydrogen-bond acceptors (Lipinski definition) is 4. The fourth-order valence-corrected chi connectivity index (χ4v) is 3.30. The largest absolute Gasteiger partial charge is 0.397 e. The van der Waals surface area contributed by atoms with Crippen molar-refractivity contribution in [2.24, 2.45) is 0 Å². The molecule has 2 amide bonds. The van der Waals surface area contributed by atoms with Crippen LogP contribution in [0, 0.1) is 6.92 Å². The van der Waals surface area contributed by atoms with Gasteiger partial charge in [0.25, 0.3) is 5.91 Å². The summed E-state index contributed by atoms with van der Waals surface area (Å²) < 4.78 is 1.02. The molecule has 1 aromatic heterocycles. The number of carbonyl (C=O) groups excluding carboxylic acids is 2. The number of thiophene rings is 1. The Bertz CT molecular complexity index is 719. The lowest BCUT2D eigenvalue weighted by atomic mass is 10.1. The average Bonchev–Trinajstić information content (AvgIpc) is 3.20. The molecule has 6 heteroatoms. The van der Waals surface area contributed by atoms with Crippen LogP contribution in [-0.4, -0.2) is 24.4 Å². The molecule has 0 unspecified atom stereocenters. The lowest BCUT2D eigenvalue weighted by Gasteiger charge is -2.05. The molecule has 21 heavy (non-hydrogen) atoms. The van der Waals surface area contributed by atoms with Gasteiger partial charge in [0, 0.05) is 16.1 Å². The number of nitrogen functional groups attached to an aromatic ring is 1. The van der Waals surface area contributed by atoms with Crippen molar-refractivity contribution < 1.29 is 9.59 Å². The van der Waals surface area contributed by atoms with Crippen LogP contribution in [0.4, 0.5) is 5.69 Å². The molecule has 2 aromatic rings. The van der Waals surface area contributed by atoms with Gasteiger partial charge in [0.15, 0.2) is 0 Å². The minimum absolute atomic E-state index is 0.0119. The van der Waals surface area contributed by atoms with Gasteiger partial charge in [-0.1, -0.05) is 18.2 Å². The van der Waals surface area contributed by atoms with E-state index in [9.17, 15) is 9.59 Å². The normalized spacial score (nSPS) is 14.1. The second kappa shape index (κ2) is 5.37. The highest BCUT2D eigenvalue weighted by Crippen LogP contribution is 2.35. The molecule has 1 aromatic carbocycles. The number of nitrogens with two attached hydrogens (primary N) is 1. The number of benzene rings is 1. The maximum atomic E-state index is 12.2. The fourth-order valence-electron chi connectivity index (χ4n) is 2.20. The minimum Gasteiger partial charge on any atom is -0.397 e. The zero-order chi connectivity index (χ0) is 15.0. The molecule has 0 bridgehead atoms. The van der Waals surface area contributed by atoms with Crippen molar-refractivity contribution in [2.75, 3.05) is 12.3 Å². The maximum absolute atomic E-state index is 12.2. The molecule has 1 saturated carbocycles. The Labute approximate surface area is 126 Å². The number of amides is 2. The third kappa shape index (κ3) is 2.85. The van der Waals surface area contributed by atoms with Gasteiger partial charge in [-0.15, -0.1) is 11.3 Å². The number of carbonyl (C=O) groups is 2. The van der Waals surface area contributed by atoms with Crippen LogP contribution in [0.1, 0.15) is 28.1 Å². The van der Waals surface area contributed by atoms with Gasteiger partial charge in [-0.2, -0.15) is 0 Å². The topological polar surface area (TPSA) is 84.2 Å². The minimum atomic E-state index is -0.293. The van der Waals surface area contributed by atoms with Crippen LogP contribution < -0.4 is 16.4 Å². The second-order valence-electron chi connectivity index (χ2n) is 5.32. The van der Waals surface area contributed by atoms with E-state index in [1.807, 2.05) is 25.1 Å². The van der Waals surface area contributed by atoms with E-state index in [1.54, 1.807) is 0 Å². The number of rotatable bonds is 4. The van der Waals surface area contributed by atoms with Crippen molar-refractivity contribution in [3.8, 4) is 0 Å². The predicted octanol–water partition coefficient (Wildman–Crippen LogP) is 1.80. The standard InChI is InChI=1S/C15H17N3O2S/c1-8-3-2-4-10-12(16)14(21-13(8)10)15(20)17-7-11(19)18-9-5-6-9/h2-4,9H,5-7,16H2,1H3,(H,17,20)(H,18,19). The van der Waals surface area contributed by atoms with Crippen LogP contribution >= 0.6 is 11.3 Å². The number of fused-ring (bicyclic) bond motifs is 1. The molecule has 1 heterocycles. The quantitative estimate of drug-likeness (QED) is 0.805. The van der Waals surface area contributed by atoms with E-state index < -0.39 is 0 Å². The van der Waals surface area contributed by atoms with Crippen molar-refractivity contribution in [3.05, 3.63) is 28.6 Å². The molecule has 3 rings (SSSR count). The van der Waals surface area contributed by atoms with Crippen LogP contribution in [0.15, 0.2) is 18.2 Å². The van der Waals surface area contributed by atoms with Crippen molar-refractivity contribution in [2.45, 2.75) is 25.8 Å². The number of anilines is 1. The summed E-state index contributed by atoms with van der Waals surface area (Å²) in [6.07, 6.45) is 2.06. The number of aryl methyl sites for hydroxylation is 1. The highest BCUT2D eigenvalue weighted by Gasteiger charge is 2.23. The molecule has 0 saturated heterocycles. The Morgan fingerprint density at radius 3 is 2.81 bits per heavy atom. The van der Waals surface area contributed by atoms with Crippen LogP contribution in [-0.2, 0) is 4.79 Å². The SMILES string of the molecule is Cc1cccc2c(N)c(C(=O)NCC(=O)NC3CC3)sc12. The summed E-state index contributed by atoms with van der Waals surface area (Å²) in [7, 11) is 0. The summed E-state index contributed by atoms with van der Waals surface area (Å²) in [6, 6.07) is 6.12. The van der Waals surface area contributed by atoms with Crippen molar-refractivity contribution in [1.29, 1.82) is 0 Å². The molecule has 0 aliphatic heterocycles. The summed E-state index contributed by atoms with van der Waals surface area (Å²) in [5.74, 6) is -0.444. The van der Waals surface area contributed by atoms with Gasteiger partial charge in [0.2, 0.25) is 5.91 Å². The molecule has 1 aliphatic rings. The Hall–Kier alpha value is -2.08. The van der Waals surface area contributed by atoms with Crippen molar-refractivity contribution in [1.82, 2.24) is 10.6 Å². The first-order valence-corrected chi connectivity index (χ1v) is 7.73. The van der Waals surface area contributed by atoms with Gasteiger partial charge < -0.3 is 16.4 Å². The van der Waals surface area contributed by atoms with E-state index in [-0.39, 0.29) is 18.4 Å². The smallest absolute Gasteiger partial charge is 0.263 e. The van der Waals surface area contributed by atoms with Gasteiger partial charge >= 0.3 is 0 Å². The monoisotopic (exact) mass is 303 g/mol. The van der Waals surface area contributed by atoms with Crippen LogP contribution in [0.2, 0.25) is 0 Å². The first kappa shape index (κ1) is 13.9. The summed E-state index contributed by atoms with van der Waals surface area (Å²) in [6.45, 7) is 1.98. The highest BCUT2D eigenvalue weighted by molar-refractivity contribution is 7.21. The molecule has 5 nitrogen and oxygen atoms in total. The molecule has 0 spiro atoms. The fraction of sp³-hybridized carbons (Fsp3) is 0.333. The maximum Gasteiger partial charge on any atom is 0.263 e. The summed E-state index contributed by atoms with van der Waals surface area (Å²) in [5.41, 5.74) is 7.63. The molecule has 1 fully saturated rings. The first-order chi connectivity index (χ1) is 10.1. The highest BCUT2D eigenvalue weighted by atomic mass is 32.1.